The number of benzene rings is 1. The summed E-state index contributed by atoms with van der Waals surface area (Å²) in [6, 6.07) is 7.73. The molecule has 0 spiro atoms. The van der Waals surface area contributed by atoms with Gasteiger partial charge in [0.1, 0.15) is 11.6 Å². The fourth-order valence-electron chi connectivity index (χ4n) is 1.29. The molecule has 0 heterocycles. The summed E-state index contributed by atoms with van der Waals surface area (Å²) < 4.78 is 0. The fourth-order valence-corrected chi connectivity index (χ4v) is 1.86. The topological polar surface area (TPSA) is 116 Å². The maximum atomic E-state index is 11.1. The molecule has 0 unspecified atom stereocenters. The molecule has 7 heteroatoms. The number of aromatic carboxylic acids is 1. The number of carbonyl (C=O) groups is 2. The van der Waals surface area contributed by atoms with E-state index in [0.717, 1.165) is 11.8 Å². The largest absolute Gasteiger partial charge is 0.478 e. The molecule has 1 aromatic carbocycles. The Kier molecular flexibility index (Phi) is 4.97. The van der Waals surface area contributed by atoms with Crippen molar-refractivity contribution in [1.29, 1.82) is 5.26 Å². The van der Waals surface area contributed by atoms with Crippen LogP contribution in [0.4, 0.5) is 5.69 Å². The number of amides is 1. The summed E-state index contributed by atoms with van der Waals surface area (Å²) in [7, 11) is 0. The molecule has 0 bridgehead atoms. The van der Waals surface area contributed by atoms with Crippen LogP contribution in [-0.2, 0) is 4.79 Å². The summed E-state index contributed by atoms with van der Waals surface area (Å²) in [6.07, 6.45) is 1.67. The van der Waals surface area contributed by atoms with Crippen molar-refractivity contribution in [3.8, 4) is 6.07 Å². The van der Waals surface area contributed by atoms with Crippen molar-refractivity contribution in [3.63, 3.8) is 0 Å². The van der Waals surface area contributed by atoms with Crippen molar-refractivity contribution in [1.82, 2.24) is 0 Å². The number of nitrogens with one attached hydrogen (secondary N) is 1. The SMILES string of the molecule is CSC(Nc1cccc(C(=O)O)c1)=C(C#N)C(N)=O. The number of nitrogens with zero attached hydrogens (tertiary/aromatic N) is 1. The first-order chi connectivity index (χ1) is 8.99. The maximum absolute atomic E-state index is 11.1. The number of carboxylic acid groups (broad SMARTS) is 1. The van der Waals surface area contributed by atoms with Gasteiger partial charge in [-0.25, -0.2) is 4.79 Å². The van der Waals surface area contributed by atoms with Crippen molar-refractivity contribution in [2.75, 3.05) is 11.6 Å². The Balaban J connectivity index is 3.13. The van der Waals surface area contributed by atoms with Gasteiger partial charge in [-0.1, -0.05) is 6.07 Å². The average Bonchev–Trinajstić information content (AvgIpc) is 2.38. The Morgan fingerprint density at radius 2 is 2.16 bits per heavy atom. The first kappa shape index (κ1) is 14.6. The standard InChI is InChI=1S/C12H11N3O3S/c1-19-11(9(6-13)10(14)16)15-8-4-2-3-7(5-8)12(17)18/h2-5,15H,1H3,(H2,14,16)(H,17,18). The van der Waals surface area contributed by atoms with Crippen molar-refractivity contribution in [3.05, 3.63) is 40.4 Å². The number of hydrogen-bond acceptors (Lipinski definition) is 5. The van der Waals surface area contributed by atoms with Crippen molar-refractivity contribution >= 4 is 29.3 Å². The van der Waals surface area contributed by atoms with Crippen LogP contribution in [0.2, 0.25) is 0 Å². The van der Waals surface area contributed by atoms with Crippen LogP contribution >= 0.6 is 11.8 Å². The second-order valence-electron chi connectivity index (χ2n) is 3.40. The molecule has 1 rings (SSSR count). The van der Waals surface area contributed by atoms with Gasteiger partial charge in [0.2, 0.25) is 0 Å². The van der Waals surface area contributed by atoms with E-state index >= 15 is 0 Å². The Bertz CT molecular complexity index is 590. The number of carboxylic acids is 1. The molecule has 6 nitrogen and oxygen atoms in total. The van der Waals surface area contributed by atoms with E-state index in [1.165, 1.54) is 12.1 Å². The monoisotopic (exact) mass is 277 g/mol. The van der Waals surface area contributed by atoms with Gasteiger partial charge in [-0.3, -0.25) is 4.79 Å². The Labute approximate surface area is 113 Å². The minimum atomic E-state index is -1.06. The molecule has 0 saturated heterocycles. The predicted octanol–water partition coefficient (Wildman–Crippen LogP) is 1.38. The van der Waals surface area contributed by atoms with Gasteiger partial charge in [0.15, 0.2) is 0 Å². The second-order valence-corrected chi connectivity index (χ2v) is 4.21. The van der Waals surface area contributed by atoms with Crippen LogP contribution in [0.1, 0.15) is 10.4 Å². The minimum Gasteiger partial charge on any atom is -0.478 e. The summed E-state index contributed by atoms with van der Waals surface area (Å²) in [5.74, 6) is -1.90. The van der Waals surface area contributed by atoms with Crippen LogP contribution in [-0.4, -0.2) is 23.2 Å². The number of primary amides is 1. The van der Waals surface area contributed by atoms with Crippen LogP contribution in [0.15, 0.2) is 34.9 Å². The lowest BCUT2D eigenvalue weighted by molar-refractivity contribution is -0.114. The first-order valence-electron chi connectivity index (χ1n) is 5.08. The molecular weight excluding hydrogens is 266 g/mol. The summed E-state index contributed by atoms with van der Waals surface area (Å²) in [6.45, 7) is 0. The number of carbonyl (C=O) groups excluding carboxylic acids is 1. The molecule has 98 valence electrons. The van der Waals surface area contributed by atoms with Crippen LogP contribution in [0, 0.1) is 11.3 Å². The van der Waals surface area contributed by atoms with E-state index in [-0.39, 0.29) is 16.2 Å². The van der Waals surface area contributed by atoms with Gasteiger partial charge in [-0.15, -0.1) is 11.8 Å². The molecule has 0 atom stereocenters. The number of thioether (sulfide) groups is 1. The van der Waals surface area contributed by atoms with Gasteiger partial charge in [-0.05, 0) is 24.5 Å². The number of anilines is 1. The third-order valence-corrected chi connectivity index (χ3v) is 2.87. The lowest BCUT2D eigenvalue weighted by Crippen LogP contribution is -2.16. The molecule has 1 amide bonds. The lowest BCUT2D eigenvalue weighted by atomic mass is 10.2. The molecule has 19 heavy (non-hydrogen) atoms. The van der Waals surface area contributed by atoms with Gasteiger partial charge in [0.05, 0.1) is 10.6 Å². The summed E-state index contributed by atoms with van der Waals surface area (Å²) >= 11 is 1.14. The second kappa shape index (κ2) is 6.47. The lowest BCUT2D eigenvalue weighted by Gasteiger charge is -2.10. The van der Waals surface area contributed by atoms with E-state index in [0.29, 0.717) is 5.69 Å². The number of rotatable bonds is 5. The highest BCUT2D eigenvalue weighted by atomic mass is 32.2. The zero-order valence-electron chi connectivity index (χ0n) is 10.0. The van der Waals surface area contributed by atoms with E-state index in [9.17, 15) is 9.59 Å². The molecule has 0 radical (unpaired) electrons. The van der Waals surface area contributed by atoms with E-state index < -0.39 is 11.9 Å². The third kappa shape index (κ3) is 3.76. The van der Waals surface area contributed by atoms with E-state index in [2.05, 4.69) is 5.32 Å². The van der Waals surface area contributed by atoms with Gasteiger partial charge in [0.25, 0.3) is 5.91 Å². The molecule has 4 N–H and O–H groups in total. The highest BCUT2D eigenvalue weighted by Crippen LogP contribution is 2.21. The smallest absolute Gasteiger partial charge is 0.335 e. The zero-order valence-corrected chi connectivity index (χ0v) is 10.8. The van der Waals surface area contributed by atoms with E-state index in [4.69, 9.17) is 16.1 Å². The van der Waals surface area contributed by atoms with Gasteiger partial charge in [0, 0.05) is 5.69 Å². The highest BCUT2D eigenvalue weighted by Gasteiger charge is 2.12. The molecular formula is C12H11N3O3S. The number of nitriles is 1. The van der Waals surface area contributed by atoms with Crippen molar-refractivity contribution in [2.24, 2.45) is 5.73 Å². The molecule has 0 aliphatic heterocycles. The van der Waals surface area contributed by atoms with E-state index in [1.807, 2.05) is 0 Å². The number of nitrogens with two attached hydrogens (primary N) is 1. The van der Waals surface area contributed by atoms with Crippen molar-refractivity contribution in [2.45, 2.75) is 0 Å². The summed E-state index contributed by atoms with van der Waals surface area (Å²) in [4.78, 5) is 21.9. The third-order valence-electron chi connectivity index (χ3n) is 2.16. The van der Waals surface area contributed by atoms with Gasteiger partial charge in [-0.2, -0.15) is 5.26 Å². The van der Waals surface area contributed by atoms with Crippen LogP contribution in [0.25, 0.3) is 0 Å². The molecule has 0 saturated carbocycles. The van der Waals surface area contributed by atoms with Crippen molar-refractivity contribution < 1.29 is 14.7 Å². The Hall–Kier alpha value is -2.46. The first-order valence-corrected chi connectivity index (χ1v) is 6.30. The van der Waals surface area contributed by atoms with Gasteiger partial charge >= 0.3 is 5.97 Å². The molecule has 0 fully saturated rings. The van der Waals surface area contributed by atoms with E-state index in [1.54, 1.807) is 24.5 Å². The Morgan fingerprint density at radius 1 is 1.47 bits per heavy atom. The normalized spacial score (nSPS) is 11.2. The van der Waals surface area contributed by atoms with Crippen LogP contribution in [0.3, 0.4) is 0 Å². The highest BCUT2D eigenvalue weighted by molar-refractivity contribution is 8.02. The molecule has 1 aromatic rings. The predicted molar refractivity (Wildman–Crippen MR) is 72.4 cm³/mol. The maximum Gasteiger partial charge on any atom is 0.335 e. The molecule has 0 aliphatic carbocycles. The van der Waals surface area contributed by atoms with Crippen LogP contribution < -0.4 is 11.1 Å². The zero-order chi connectivity index (χ0) is 14.4. The van der Waals surface area contributed by atoms with Crippen LogP contribution in [0.5, 0.6) is 0 Å². The van der Waals surface area contributed by atoms with Gasteiger partial charge < -0.3 is 16.2 Å². The summed E-state index contributed by atoms with van der Waals surface area (Å²) in [5, 5.41) is 20.8. The molecule has 0 aromatic heterocycles. The Morgan fingerprint density at radius 3 is 2.63 bits per heavy atom. The number of hydrogen-bond donors (Lipinski definition) is 3. The molecule has 0 aliphatic rings. The quantitative estimate of drug-likeness (QED) is 0.553. The minimum absolute atomic E-state index is 0.100. The fraction of sp³-hybridized carbons (Fsp3) is 0.0833. The summed E-state index contributed by atoms with van der Waals surface area (Å²) in [5.41, 5.74) is 5.44. The average molecular weight is 277 g/mol.